The van der Waals surface area contributed by atoms with Gasteiger partial charge in [0.05, 0.1) is 0 Å². The zero-order chi connectivity index (χ0) is 14.7. The fourth-order valence-electron chi connectivity index (χ4n) is 2.59. The van der Waals surface area contributed by atoms with Crippen LogP contribution in [0.3, 0.4) is 0 Å². The van der Waals surface area contributed by atoms with Gasteiger partial charge in [-0.25, -0.2) is 0 Å². The average molecular weight is 496 g/mol. The second kappa shape index (κ2) is 6.92. The summed E-state index contributed by atoms with van der Waals surface area (Å²) >= 11 is 4.88. The summed E-state index contributed by atoms with van der Waals surface area (Å²) in [6, 6.07) is 28.1. The van der Waals surface area contributed by atoms with Crippen LogP contribution in [0.5, 0.6) is 0 Å². The Morgan fingerprint density at radius 3 is 1.43 bits per heavy atom. The van der Waals surface area contributed by atoms with E-state index < -0.39 is 0 Å². The maximum Gasteiger partial charge on any atom is 0.0360 e. The van der Waals surface area contributed by atoms with E-state index in [9.17, 15) is 0 Å². The van der Waals surface area contributed by atoms with Gasteiger partial charge in [0.25, 0.3) is 0 Å². The molecule has 0 spiro atoms. The monoisotopic (exact) mass is 496 g/mol. The predicted octanol–water partition coefficient (Wildman–Crippen LogP) is 6.08. The first-order chi connectivity index (χ1) is 10.3. The average Bonchev–Trinajstić information content (AvgIpc) is 2.52. The first kappa shape index (κ1) is 15.0. The third kappa shape index (κ3) is 3.31. The molecule has 104 valence electrons. The zero-order valence-electron chi connectivity index (χ0n) is 11.3. The van der Waals surface area contributed by atoms with Gasteiger partial charge in [-0.05, 0) is 74.0 Å². The molecule has 0 nitrogen and oxygen atoms in total. The molecule has 0 radical (unpaired) electrons. The van der Waals surface area contributed by atoms with Gasteiger partial charge >= 0.3 is 0 Å². The topological polar surface area (TPSA) is 0 Å². The second-order valence-electron chi connectivity index (χ2n) is 4.89. The molecule has 0 heterocycles. The highest BCUT2D eigenvalue weighted by Gasteiger charge is 2.20. The van der Waals surface area contributed by atoms with Crippen molar-refractivity contribution in [2.45, 2.75) is 5.92 Å². The number of hydrogen-bond donors (Lipinski definition) is 0. The molecule has 3 aromatic rings. The largest absolute Gasteiger partial charge is 0.0622 e. The molecule has 3 aromatic carbocycles. The van der Waals surface area contributed by atoms with E-state index in [0.717, 1.165) is 0 Å². The third-order valence-electron chi connectivity index (χ3n) is 3.57. The Labute approximate surface area is 152 Å². The molecule has 2 heteroatoms. The van der Waals surface area contributed by atoms with Crippen LogP contribution in [0.4, 0.5) is 0 Å². The van der Waals surface area contributed by atoms with Crippen molar-refractivity contribution in [3.8, 4) is 0 Å². The summed E-state index contributed by atoms with van der Waals surface area (Å²) in [7, 11) is 0. The lowest BCUT2D eigenvalue weighted by atomic mass is 9.85. The molecule has 0 unspecified atom stereocenters. The standard InChI is InChI=1S/C19H14I2/c20-17-12-6-4-10-15(17)19(14-8-2-1-3-9-14)16-11-5-7-13-18(16)21/h1-13,19H. The molecule has 21 heavy (non-hydrogen) atoms. The van der Waals surface area contributed by atoms with Gasteiger partial charge in [0.1, 0.15) is 0 Å². The van der Waals surface area contributed by atoms with Crippen LogP contribution in [0.1, 0.15) is 22.6 Å². The van der Waals surface area contributed by atoms with Crippen molar-refractivity contribution in [2.24, 2.45) is 0 Å². The first-order valence-corrected chi connectivity index (χ1v) is 8.97. The van der Waals surface area contributed by atoms with Crippen molar-refractivity contribution in [3.63, 3.8) is 0 Å². The molecule has 0 aromatic heterocycles. The van der Waals surface area contributed by atoms with E-state index in [1.165, 1.54) is 23.8 Å². The Bertz CT molecular complexity index is 690. The van der Waals surface area contributed by atoms with Crippen LogP contribution in [0.15, 0.2) is 78.9 Å². The molecule has 0 saturated heterocycles. The number of halogens is 2. The lowest BCUT2D eigenvalue weighted by molar-refractivity contribution is 0.961. The van der Waals surface area contributed by atoms with Crippen LogP contribution in [0.2, 0.25) is 0 Å². The number of benzene rings is 3. The summed E-state index contributed by atoms with van der Waals surface area (Å²) in [5.74, 6) is 0.285. The van der Waals surface area contributed by atoms with Crippen LogP contribution in [-0.2, 0) is 0 Å². The summed E-state index contributed by atoms with van der Waals surface area (Å²) in [5.41, 5.74) is 4.08. The van der Waals surface area contributed by atoms with E-state index >= 15 is 0 Å². The summed E-state index contributed by atoms with van der Waals surface area (Å²) in [6.45, 7) is 0. The first-order valence-electron chi connectivity index (χ1n) is 6.81. The maximum atomic E-state index is 2.44. The third-order valence-corrected chi connectivity index (χ3v) is 5.53. The Morgan fingerprint density at radius 1 is 0.524 bits per heavy atom. The predicted molar refractivity (Wildman–Crippen MR) is 106 cm³/mol. The molecule has 0 amide bonds. The quantitative estimate of drug-likeness (QED) is 0.305. The van der Waals surface area contributed by atoms with Crippen LogP contribution >= 0.6 is 45.2 Å². The van der Waals surface area contributed by atoms with Crippen LogP contribution in [0.25, 0.3) is 0 Å². The Balaban J connectivity index is 2.22. The van der Waals surface area contributed by atoms with E-state index in [-0.39, 0.29) is 5.92 Å². The molecule has 3 rings (SSSR count). The summed E-state index contributed by atoms with van der Waals surface area (Å²) in [4.78, 5) is 0. The van der Waals surface area contributed by atoms with Gasteiger partial charge in [-0.15, -0.1) is 0 Å². The fourth-order valence-corrected chi connectivity index (χ4v) is 3.99. The molecule has 0 N–H and O–H groups in total. The highest BCUT2D eigenvalue weighted by atomic mass is 127. The summed E-state index contributed by atoms with van der Waals surface area (Å²) in [6.07, 6.45) is 0. The van der Waals surface area contributed by atoms with E-state index in [1.54, 1.807) is 0 Å². The van der Waals surface area contributed by atoms with Gasteiger partial charge in [-0.3, -0.25) is 0 Å². The van der Waals surface area contributed by atoms with E-state index in [1.807, 2.05) is 0 Å². The SMILES string of the molecule is Ic1ccccc1C(c1ccccc1)c1ccccc1I. The molecule has 0 atom stereocenters. The number of rotatable bonds is 3. The van der Waals surface area contributed by atoms with Gasteiger partial charge in [0.2, 0.25) is 0 Å². The van der Waals surface area contributed by atoms with Crippen LogP contribution < -0.4 is 0 Å². The van der Waals surface area contributed by atoms with E-state index in [0.29, 0.717) is 0 Å². The Hall–Kier alpha value is -0.880. The van der Waals surface area contributed by atoms with Crippen molar-refractivity contribution in [1.82, 2.24) is 0 Å². The zero-order valence-corrected chi connectivity index (χ0v) is 15.7. The fraction of sp³-hybridized carbons (Fsp3) is 0.0526. The maximum absolute atomic E-state index is 2.44. The highest BCUT2D eigenvalue weighted by Crippen LogP contribution is 2.36. The number of hydrogen-bond acceptors (Lipinski definition) is 0. The molecule has 0 bridgehead atoms. The molecule has 0 aliphatic rings. The Morgan fingerprint density at radius 2 is 0.952 bits per heavy atom. The summed E-state index contributed by atoms with van der Waals surface area (Å²) < 4.78 is 2.62. The molecular formula is C19H14I2. The van der Waals surface area contributed by atoms with Crippen molar-refractivity contribution in [1.29, 1.82) is 0 Å². The van der Waals surface area contributed by atoms with Crippen molar-refractivity contribution in [2.75, 3.05) is 0 Å². The molecule has 0 aliphatic carbocycles. The van der Waals surface area contributed by atoms with Crippen LogP contribution in [0, 0.1) is 7.14 Å². The van der Waals surface area contributed by atoms with Gasteiger partial charge in [-0.1, -0.05) is 66.7 Å². The van der Waals surface area contributed by atoms with Gasteiger partial charge in [-0.2, -0.15) is 0 Å². The highest BCUT2D eigenvalue weighted by molar-refractivity contribution is 14.1. The van der Waals surface area contributed by atoms with Crippen molar-refractivity contribution >= 4 is 45.2 Å². The minimum Gasteiger partial charge on any atom is -0.0622 e. The minimum atomic E-state index is 0.285. The summed E-state index contributed by atoms with van der Waals surface area (Å²) in [5, 5.41) is 0. The van der Waals surface area contributed by atoms with Gasteiger partial charge in [0, 0.05) is 13.1 Å². The van der Waals surface area contributed by atoms with Gasteiger partial charge in [0.15, 0.2) is 0 Å². The van der Waals surface area contributed by atoms with E-state index in [2.05, 4.69) is 124 Å². The van der Waals surface area contributed by atoms with Crippen molar-refractivity contribution < 1.29 is 0 Å². The molecule has 0 saturated carbocycles. The Kier molecular flexibility index (Phi) is 4.95. The minimum absolute atomic E-state index is 0.285. The molecule has 0 aliphatic heterocycles. The lowest BCUT2D eigenvalue weighted by Crippen LogP contribution is -2.06. The van der Waals surface area contributed by atoms with Crippen molar-refractivity contribution in [3.05, 3.63) is 103 Å². The lowest BCUT2D eigenvalue weighted by Gasteiger charge is -2.21. The molecule has 0 fully saturated rings. The van der Waals surface area contributed by atoms with E-state index in [4.69, 9.17) is 0 Å². The molecular weight excluding hydrogens is 482 g/mol. The normalized spacial score (nSPS) is 10.8. The van der Waals surface area contributed by atoms with Gasteiger partial charge < -0.3 is 0 Å². The van der Waals surface area contributed by atoms with Crippen LogP contribution in [-0.4, -0.2) is 0 Å². The smallest absolute Gasteiger partial charge is 0.0360 e. The second-order valence-corrected chi connectivity index (χ2v) is 7.21.